The van der Waals surface area contributed by atoms with E-state index in [4.69, 9.17) is 9.47 Å². The molecule has 0 radical (unpaired) electrons. The SMILES string of the molecule is COc1ccccc1NC(=O)C1=C(C)Nc2nnnn2[C@H]1c1cc(Br)c(O)c(OC)c1. The number of carbonyl (C=O) groups is 1. The predicted molar refractivity (Wildman–Crippen MR) is 116 cm³/mol. The molecule has 0 unspecified atom stereocenters. The van der Waals surface area contributed by atoms with Crippen molar-refractivity contribution in [1.82, 2.24) is 20.2 Å². The van der Waals surface area contributed by atoms with Gasteiger partial charge >= 0.3 is 0 Å². The molecule has 0 fully saturated rings. The fourth-order valence-electron chi connectivity index (χ4n) is 3.46. The summed E-state index contributed by atoms with van der Waals surface area (Å²) in [6, 6.07) is 9.80. The third-order valence-electron chi connectivity index (χ3n) is 4.90. The van der Waals surface area contributed by atoms with Crippen molar-refractivity contribution in [2.75, 3.05) is 24.9 Å². The quantitative estimate of drug-likeness (QED) is 0.502. The first-order valence-corrected chi connectivity index (χ1v) is 10.00. The Balaban J connectivity index is 1.82. The van der Waals surface area contributed by atoms with E-state index in [1.165, 1.54) is 18.9 Å². The van der Waals surface area contributed by atoms with Gasteiger partial charge < -0.3 is 25.2 Å². The maximum Gasteiger partial charge on any atom is 0.255 e. The third-order valence-corrected chi connectivity index (χ3v) is 5.50. The lowest BCUT2D eigenvalue weighted by Crippen LogP contribution is -2.31. The van der Waals surface area contributed by atoms with Crippen molar-refractivity contribution in [3.63, 3.8) is 0 Å². The Morgan fingerprint density at radius 3 is 2.71 bits per heavy atom. The molecular formula is C20H19BrN6O4. The fourth-order valence-corrected chi connectivity index (χ4v) is 3.92. The van der Waals surface area contributed by atoms with Crippen molar-refractivity contribution in [2.24, 2.45) is 0 Å². The number of hydrogen-bond donors (Lipinski definition) is 3. The number of rotatable bonds is 5. The van der Waals surface area contributed by atoms with Gasteiger partial charge in [-0.3, -0.25) is 4.79 Å². The summed E-state index contributed by atoms with van der Waals surface area (Å²) < 4.78 is 12.5. The van der Waals surface area contributed by atoms with Gasteiger partial charge in [-0.2, -0.15) is 4.68 Å². The molecule has 0 saturated carbocycles. The Hall–Kier alpha value is -3.60. The molecule has 1 aromatic heterocycles. The van der Waals surface area contributed by atoms with Crippen LogP contribution >= 0.6 is 15.9 Å². The summed E-state index contributed by atoms with van der Waals surface area (Å²) in [6.45, 7) is 1.77. The van der Waals surface area contributed by atoms with Gasteiger partial charge in [0.25, 0.3) is 5.91 Å². The molecule has 0 saturated heterocycles. The second-order valence-corrected chi connectivity index (χ2v) is 7.58. The van der Waals surface area contributed by atoms with Gasteiger partial charge in [0, 0.05) is 5.70 Å². The standard InChI is InChI=1S/C20H19BrN6O4/c1-10-16(19(29)23-13-6-4-5-7-14(13)30-2)17(27-20(22-10)24-25-26-27)11-8-12(21)18(28)15(9-11)31-3/h4-9,17,28H,1-3H3,(H,23,29)(H,22,24,26)/t17-/m0/s1. The minimum atomic E-state index is -0.674. The molecule has 11 heteroatoms. The Morgan fingerprint density at radius 1 is 1.23 bits per heavy atom. The van der Waals surface area contributed by atoms with Crippen LogP contribution in [0.25, 0.3) is 0 Å². The van der Waals surface area contributed by atoms with Gasteiger partial charge in [-0.25, -0.2) is 0 Å². The Bertz CT molecular complexity index is 1190. The number of ether oxygens (including phenoxy) is 2. The number of nitrogens with zero attached hydrogens (tertiary/aromatic N) is 4. The van der Waals surface area contributed by atoms with Gasteiger partial charge in [0.05, 0.1) is 30.0 Å². The zero-order valence-corrected chi connectivity index (χ0v) is 18.5. The number of hydrogen-bond acceptors (Lipinski definition) is 8. The molecule has 0 bridgehead atoms. The van der Waals surface area contributed by atoms with Crippen LogP contribution in [0.2, 0.25) is 0 Å². The van der Waals surface area contributed by atoms with Gasteiger partial charge in [0.15, 0.2) is 11.5 Å². The number of anilines is 2. The minimum absolute atomic E-state index is 0.0437. The molecular weight excluding hydrogens is 468 g/mol. The highest BCUT2D eigenvalue weighted by Crippen LogP contribution is 2.42. The van der Waals surface area contributed by atoms with Crippen molar-refractivity contribution < 1.29 is 19.4 Å². The molecule has 0 spiro atoms. The highest BCUT2D eigenvalue weighted by atomic mass is 79.9. The number of aromatic nitrogens is 4. The monoisotopic (exact) mass is 486 g/mol. The molecule has 4 rings (SSSR count). The predicted octanol–water partition coefficient (Wildman–Crippen LogP) is 3.09. The molecule has 2 aromatic carbocycles. The van der Waals surface area contributed by atoms with Crippen LogP contribution in [0.5, 0.6) is 17.2 Å². The van der Waals surface area contributed by atoms with Crippen LogP contribution in [0.1, 0.15) is 18.5 Å². The van der Waals surface area contributed by atoms with E-state index in [0.717, 1.165) is 0 Å². The van der Waals surface area contributed by atoms with E-state index < -0.39 is 6.04 Å². The van der Waals surface area contributed by atoms with Gasteiger partial charge in [0.2, 0.25) is 5.95 Å². The highest BCUT2D eigenvalue weighted by Gasteiger charge is 2.35. The Labute approximate surface area is 186 Å². The van der Waals surface area contributed by atoms with Crippen LogP contribution in [-0.4, -0.2) is 45.4 Å². The minimum Gasteiger partial charge on any atom is -0.503 e. The van der Waals surface area contributed by atoms with E-state index in [-0.39, 0.29) is 17.4 Å². The molecule has 3 N–H and O–H groups in total. The molecule has 160 valence electrons. The molecule has 3 aromatic rings. The number of carbonyl (C=O) groups excluding carboxylic acids is 1. The van der Waals surface area contributed by atoms with Crippen LogP contribution in [0.15, 0.2) is 52.1 Å². The molecule has 10 nitrogen and oxygen atoms in total. The number of benzene rings is 2. The maximum atomic E-state index is 13.4. The molecule has 0 aliphatic carbocycles. The number of phenolic OH excluding ortho intramolecular Hbond substituents is 1. The van der Waals surface area contributed by atoms with E-state index >= 15 is 0 Å². The van der Waals surface area contributed by atoms with Gasteiger partial charge in [0.1, 0.15) is 11.8 Å². The van der Waals surface area contributed by atoms with Crippen molar-refractivity contribution >= 4 is 33.5 Å². The van der Waals surface area contributed by atoms with Gasteiger partial charge in [-0.15, -0.1) is 0 Å². The lowest BCUT2D eigenvalue weighted by atomic mass is 9.94. The molecule has 1 atom stereocenters. The van der Waals surface area contributed by atoms with E-state index in [1.54, 1.807) is 37.3 Å². The summed E-state index contributed by atoms with van der Waals surface area (Å²) in [5.74, 6) is 0.771. The van der Waals surface area contributed by atoms with Crippen molar-refractivity contribution in [3.8, 4) is 17.2 Å². The van der Waals surface area contributed by atoms with Crippen molar-refractivity contribution in [3.05, 3.63) is 57.7 Å². The Morgan fingerprint density at radius 2 is 1.97 bits per heavy atom. The zero-order valence-electron chi connectivity index (χ0n) is 16.9. The van der Waals surface area contributed by atoms with Gasteiger partial charge in [-0.05, 0) is 63.1 Å². The van der Waals surface area contributed by atoms with Crippen LogP contribution in [0.3, 0.4) is 0 Å². The summed E-state index contributed by atoms with van der Waals surface area (Å²) in [4.78, 5) is 13.4. The zero-order chi connectivity index (χ0) is 22.1. The second-order valence-electron chi connectivity index (χ2n) is 6.72. The smallest absolute Gasteiger partial charge is 0.255 e. The number of aromatic hydroxyl groups is 1. The average molecular weight is 487 g/mol. The topological polar surface area (TPSA) is 123 Å². The highest BCUT2D eigenvalue weighted by molar-refractivity contribution is 9.10. The first-order valence-electron chi connectivity index (χ1n) is 9.21. The van der Waals surface area contributed by atoms with Crippen molar-refractivity contribution in [1.29, 1.82) is 0 Å². The summed E-state index contributed by atoms with van der Waals surface area (Å²) >= 11 is 3.34. The lowest BCUT2D eigenvalue weighted by Gasteiger charge is -2.28. The number of nitrogens with one attached hydrogen (secondary N) is 2. The molecule has 2 heterocycles. The summed E-state index contributed by atoms with van der Waals surface area (Å²) in [5.41, 5.74) is 2.15. The Kier molecular flexibility index (Phi) is 5.51. The van der Waals surface area contributed by atoms with E-state index in [1.807, 2.05) is 6.07 Å². The van der Waals surface area contributed by atoms with Crippen LogP contribution < -0.4 is 20.1 Å². The lowest BCUT2D eigenvalue weighted by molar-refractivity contribution is -0.113. The molecule has 1 aliphatic rings. The van der Waals surface area contributed by atoms with Crippen molar-refractivity contribution in [2.45, 2.75) is 13.0 Å². The first-order chi connectivity index (χ1) is 14.9. The number of halogens is 1. The summed E-state index contributed by atoms with van der Waals surface area (Å²) in [5, 5.41) is 28.0. The van der Waals surface area contributed by atoms with Crippen LogP contribution in [0, 0.1) is 0 Å². The van der Waals surface area contributed by atoms with Crippen LogP contribution in [0.4, 0.5) is 11.6 Å². The maximum absolute atomic E-state index is 13.4. The number of phenols is 1. The van der Waals surface area contributed by atoms with Crippen LogP contribution in [-0.2, 0) is 4.79 Å². The third kappa shape index (κ3) is 3.67. The molecule has 1 amide bonds. The molecule has 1 aliphatic heterocycles. The van der Waals surface area contributed by atoms with Gasteiger partial charge in [-0.1, -0.05) is 17.2 Å². The van der Waals surface area contributed by atoms with E-state index in [2.05, 4.69) is 42.1 Å². The van der Waals surface area contributed by atoms with E-state index in [0.29, 0.717) is 38.7 Å². The first kappa shape index (κ1) is 20.7. The number of allylic oxidation sites excluding steroid dienone is 1. The normalized spacial score (nSPS) is 15.2. The summed E-state index contributed by atoms with van der Waals surface area (Å²) in [6.07, 6.45) is 0. The fraction of sp³-hybridized carbons (Fsp3) is 0.200. The number of fused-ring (bicyclic) bond motifs is 1. The number of para-hydroxylation sites is 2. The average Bonchev–Trinajstić information content (AvgIpc) is 3.22. The second kappa shape index (κ2) is 8.26. The largest absolute Gasteiger partial charge is 0.503 e. The summed E-state index contributed by atoms with van der Waals surface area (Å²) in [7, 11) is 2.99. The van der Waals surface area contributed by atoms with E-state index in [9.17, 15) is 9.90 Å². The number of methoxy groups -OCH3 is 2. The number of amides is 1. The number of tetrazole rings is 1. The molecule has 31 heavy (non-hydrogen) atoms.